The molecule has 6 nitrogen and oxygen atoms in total. The van der Waals surface area contributed by atoms with Gasteiger partial charge in [-0.3, -0.25) is 4.79 Å². The van der Waals surface area contributed by atoms with Gasteiger partial charge < -0.3 is 20.1 Å². The van der Waals surface area contributed by atoms with Gasteiger partial charge in [0, 0.05) is 17.3 Å². The van der Waals surface area contributed by atoms with E-state index in [2.05, 4.69) is 15.6 Å². The number of carbonyl (C=O) groups is 1. The lowest BCUT2D eigenvalue weighted by Gasteiger charge is -2.11. The summed E-state index contributed by atoms with van der Waals surface area (Å²) < 4.78 is 10.5. The van der Waals surface area contributed by atoms with Crippen LogP contribution in [0.25, 0.3) is 0 Å². The number of ether oxygens (including phenoxy) is 2. The Hall–Kier alpha value is -3.54. The third-order valence-electron chi connectivity index (χ3n) is 3.99. The van der Waals surface area contributed by atoms with Crippen molar-refractivity contribution >= 4 is 23.1 Å². The minimum absolute atomic E-state index is 0.169. The predicted molar refractivity (Wildman–Crippen MR) is 106 cm³/mol. The van der Waals surface area contributed by atoms with Crippen LogP contribution in [-0.4, -0.2) is 25.1 Å². The highest BCUT2D eigenvalue weighted by atomic mass is 16.5. The SMILES string of the molecule is COc1ccc(Nc2ccc(NC(=O)c3ccc(C)cc3)cn2)cc1OC. The standard InChI is InChI=1S/C21H21N3O3/c1-14-4-6-15(7-5-14)21(25)24-17-9-11-20(22-13-17)23-16-8-10-18(26-2)19(12-16)27-3/h4-13H,1-3H3,(H,22,23)(H,24,25). The number of methoxy groups -OCH3 is 2. The summed E-state index contributed by atoms with van der Waals surface area (Å²) in [5.41, 5.74) is 3.15. The van der Waals surface area contributed by atoms with E-state index in [0.29, 0.717) is 28.6 Å². The lowest BCUT2D eigenvalue weighted by atomic mass is 10.1. The van der Waals surface area contributed by atoms with Crippen LogP contribution >= 0.6 is 0 Å². The Morgan fingerprint density at radius 2 is 1.59 bits per heavy atom. The van der Waals surface area contributed by atoms with Crippen molar-refractivity contribution in [3.05, 3.63) is 71.9 Å². The molecule has 0 fully saturated rings. The van der Waals surface area contributed by atoms with E-state index in [1.54, 1.807) is 44.7 Å². The number of aromatic nitrogens is 1. The van der Waals surface area contributed by atoms with Gasteiger partial charge in [-0.1, -0.05) is 17.7 Å². The number of pyridine rings is 1. The van der Waals surface area contributed by atoms with Gasteiger partial charge >= 0.3 is 0 Å². The van der Waals surface area contributed by atoms with E-state index in [4.69, 9.17) is 9.47 Å². The van der Waals surface area contributed by atoms with Crippen LogP contribution in [0.2, 0.25) is 0 Å². The summed E-state index contributed by atoms with van der Waals surface area (Å²) in [4.78, 5) is 16.6. The third kappa shape index (κ3) is 4.55. The molecule has 27 heavy (non-hydrogen) atoms. The maximum Gasteiger partial charge on any atom is 0.255 e. The van der Waals surface area contributed by atoms with Crippen LogP contribution in [0.3, 0.4) is 0 Å². The van der Waals surface area contributed by atoms with Crippen LogP contribution in [0, 0.1) is 6.92 Å². The summed E-state index contributed by atoms with van der Waals surface area (Å²) in [6, 6.07) is 16.5. The molecule has 3 aromatic rings. The van der Waals surface area contributed by atoms with Gasteiger partial charge in [0.25, 0.3) is 5.91 Å². The van der Waals surface area contributed by atoms with E-state index in [1.807, 2.05) is 37.3 Å². The van der Waals surface area contributed by atoms with Crippen molar-refractivity contribution in [3.63, 3.8) is 0 Å². The lowest BCUT2D eigenvalue weighted by Crippen LogP contribution is -2.12. The summed E-state index contributed by atoms with van der Waals surface area (Å²) in [7, 11) is 3.18. The zero-order valence-electron chi connectivity index (χ0n) is 15.4. The van der Waals surface area contributed by atoms with E-state index in [1.165, 1.54) is 0 Å². The molecule has 2 aromatic carbocycles. The van der Waals surface area contributed by atoms with E-state index < -0.39 is 0 Å². The second-order valence-electron chi connectivity index (χ2n) is 5.95. The number of anilines is 3. The molecule has 2 N–H and O–H groups in total. The average molecular weight is 363 g/mol. The van der Waals surface area contributed by atoms with Crippen molar-refractivity contribution in [2.75, 3.05) is 24.9 Å². The number of benzene rings is 2. The van der Waals surface area contributed by atoms with Crippen molar-refractivity contribution in [2.24, 2.45) is 0 Å². The second kappa shape index (κ2) is 8.23. The number of hydrogen-bond donors (Lipinski definition) is 2. The molecule has 0 aliphatic carbocycles. The minimum atomic E-state index is -0.169. The van der Waals surface area contributed by atoms with Gasteiger partial charge in [0.1, 0.15) is 5.82 Å². The van der Waals surface area contributed by atoms with E-state index in [0.717, 1.165) is 11.3 Å². The first kappa shape index (κ1) is 18.3. The Labute approximate surface area is 158 Å². The van der Waals surface area contributed by atoms with Crippen molar-refractivity contribution in [2.45, 2.75) is 6.92 Å². The molecule has 1 aromatic heterocycles. The number of aryl methyl sites for hydroxylation is 1. The molecule has 0 radical (unpaired) electrons. The maximum absolute atomic E-state index is 12.3. The second-order valence-corrected chi connectivity index (χ2v) is 5.95. The Morgan fingerprint density at radius 1 is 0.889 bits per heavy atom. The molecule has 1 heterocycles. The van der Waals surface area contributed by atoms with E-state index >= 15 is 0 Å². The average Bonchev–Trinajstić information content (AvgIpc) is 2.69. The van der Waals surface area contributed by atoms with Crippen LogP contribution in [0.15, 0.2) is 60.8 Å². The fraction of sp³-hybridized carbons (Fsp3) is 0.143. The van der Waals surface area contributed by atoms with Gasteiger partial charge in [0.15, 0.2) is 11.5 Å². The summed E-state index contributed by atoms with van der Waals surface area (Å²) >= 11 is 0. The highest BCUT2D eigenvalue weighted by Gasteiger charge is 2.07. The van der Waals surface area contributed by atoms with Gasteiger partial charge in [-0.2, -0.15) is 0 Å². The zero-order valence-corrected chi connectivity index (χ0v) is 15.4. The lowest BCUT2D eigenvalue weighted by molar-refractivity contribution is 0.102. The largest absolute Gasteiger partial charge is 0.493 e. The molecule has 0 spiro atoms. The smallest absolute Gasteiger partial charge is 0.255 e. The fourth-order valence-corrected chi connectivity index (χ4v) is 2.51. The van der Waals surface area contributed by atoms with E-state index in [-0.39, 0.29) is 5.91 Å². The van der Waals surface area contributed by atoms with Crippen LogP contribution < -0.4 is 20.1 Å². The van der Waals surface area contributed by atoms with Crippen LogP contribution in [0.5, 0.6) is 11.5 Å². The number of nitrogens with zero attached hydrogens (tertiary/aromatic N) is 1. The predicted octanol–water partition coefficient (Wildman–Crippen LogP) is 4.40. The summed E-state index contributed by atoms with van der Waals surface area (Å²) in [6.07, 6.45) is 1.61. The Morgan fingerprint density at radius 3 is 2.22 bits per heavy atom. The first-order chi connectivity index (χ1) is 13.1. The summed E-state index contributed by atoms with van der Waals surface area (Å²) in [5.74, 6) is 1.77. The summed E-state index contributed by atoms with van der Waals surface area (Å²) in [5, 5.41) is 6.03. The van der Waals surface area contributed by atoms with Crippen LogP contribution in [-0.2, 0) is 0 Å². The molecule has 0 unspecified atom stereocenters. The Bertz CT molecular complexity index is 922. The fourth-order valence-electron chi connectivity index (χ4n) is 2.51. The van der Waals surface area contributed by atoms with E-state index in [9.17, 15) is 4.79 Å². The molecule has 1 amide bonds. The molecular formula is C21H21N3O3. The monoisotopic (exact) mass is 363 g/mol. The van der Waals surface area contributed by atoms with Gasteiger partial charge in [0.2, 0.25) is 0 Å². The van der Waals surface area contributed by atoms with Gasteiger partial charge in [-0.25, -0.2) is 4.98 Å². The van der Waals surface area contributed by atoms with Crippen LogP contribution in [0.4, 0.5) is 17.2 Å². The van der Waals surface area contributed by atoms with Crippen molar-refractivity contribution in [1.29, 1.82) is 0 Å². The Kier molecular flexibility index (Phi) is 5.56. The molecule has 0 saturated heterocycles. The maximum atomic E-state index is 12.3. The highest BCUT2D eigenvalue weighted by Crippen LogP contribution is 2.30. The molecule has 0 bridgehead atoms. The van der Waals surface area contributed by atoms with Crippen LogP contribution in [0.1, 0.15) is 15.9 Å². The quantitative estimate of drug-likeness (QED) is 0.679. The van der Waals surface area contributed by atoms with Crippen molar-refractivity contribution < 1.29 is 14.3 Å². The molecule has 6 heteroatoms. The number of carbonyl (C=O) groups excluding carboxylic acids is 1. The third-order valence-corrected chi connectivity index (χ3v) is 3.99. The topological polar surface area (TPSA) is 72.5 Å². The molecule has 0 atom stereocenters. The van der Waals surface area contributed by atoms with Gasteiger partial charge in [-0.05, 0) is 43.3 Å². The zero-order chi connectivity index (χ0) is 19.2. The first-order valence-electron chi connectivity index (χ1n) is 8.42. The summed E-state index contributed by atoms with van der Waals surface area (Å²) in [6.45, 7) is 1.98. The number of amides is 1. The molecule has 0 saturated carbocycles. The van der Waals surface area contributed by atoms with Crippen molar-refractivity contribution in [3.8, 4) is 11.5 Å². The minimum Gasteiger partial charge on any atom is -0.493 e. The molecule has 3 rings (SSSR count). The number of nitrogens with one attached hydrogen (secondary N) is 2. The molecular weight excluding hydrogens is 342 g/mol. The highest BCUT2D eigenvalue weighted by molar-refractivity contribution is 6.04. The van der Waals surface area contributed by atoms with Gasteiger partial charge in [0.05, 0.1) is 26.1 Å². The number of rotatable bonds is 6. The first-order valence-corrected chi connectivity index (χ1v) is 8.42. The van der Waals surface area contributed by atoms with Gasteiger partial charge in [-0.15, -0.1) is 0 Å². The molecule has 138 valence electrons. The normalized spacial score (nSPS) is 10.2. The number of hydrogen-bond acceptors (Lipinski definition) is 5. The van der Waals surface area contributed by atoms with Crippen molar-refractivity contribution in [1.82, 2.24) is 4.98 Å². The molecule has 0 aliphatic rings. The Balaban J connectivity index is 1.66. The molecule has 0 aliphatic heterocycles.